The zero-order chi connectivity index (χ0) is 15.5. The molecule has 8 heteroatoms. The van der Waals surface area contributed by atoms with Crippen LogP contribution in [0.2, 0.25) is 0 Å². The first-order chi connectivity index (χ1) is 10.6. The molecule has 0 bridgehead atoms. The maximum Gasteiger partial charge on any atom is 0.254 e. The van der Waals surface area contributed by atoms with E-state index in [0.29, 0.717) is 11.4 Å². The van der Waals surface area contributed by atoms with Crippen molar-refractivity contribution in [1.82, 2.24) is 19.7 Å². The number of carbonyl (C=O) groups excluding carboxylic acids is 1. The van der Waals surface area contributed by atoms with Crippen molar-refractivity contribution in [1.29, 1.82) is 0 Å². The Bertz CT molecular complexity index is 818. The molecule has 0 unspecified atom stereocenters. The molecule has 1 amide bonds. The largest absolute Gasteiger partial charge is 0.365 e. The fraction of sp³-hybridized carbons (Fsp3) is 0. The average Bonchev–Trinajstić information content (AvgIpc) is 3.02. The molecule has 3 N–H and O–H groups in total. The van der Waals surface area contributed by atoms with Crippen LogP contribution in [-0.4, -0.2) is 25.7 Å². The van der Waals surface area contributed by atoms with Crippen molar-refractivity contribution in [3.8, 4) is 5.69 Å². The van der Waals surface area contributed by atoms with E-state index in [0.717, 1.165) is 0 Å². The molecule has 2 aromatic heterocycles. The summed E-state index contributed by atoms with van der Waals surface area (Å²) in [5, 5.41) is 6.82. The number of nitrogens with one attached hydrogen (secondary N) is 1. The molecular weight excluding hydrogens is 287 g/mol. The fourth-order valence-electron chi connectivity index (χ4n) is 1.93. The van der Waals surface area contributed by atoms with Crippen LogP contribution in [0.5, 0.6) is 0 Å². The quantitative estimate of drug-likeness (QED) is 0.763. The molecule has 0 spiro atoms. The SMILES string of the molecule is NC(=O)c1cncnc1Nc1ccc(-n2cccn2)c(F)c1. The molecule has 0 saturated heterocycles. The first kappa shape index (κ1) is 13.7. The summed E-state index contributed by atoms with van der Waals surface area (Å²) in [6.45, 7) is 0. The zero-order valence-electron chi connectivity index (χ0n) is 11.3. The Morgan fingerprint density at radius 3 is 2.91 bits per heavy atom. The number of carbonyl (C=O) groups is 1. The molecule has 0 atom stereocenters. The summed E-state index contributed by atoms with van der Waals surface area (Å²) in [6.07, 6.45) is 5.77. The zero-order valence-corrected chi connectivity index (χ0v) is 11.3. The van der Waals surface area contributed by atoms with Gasteiger partial charge in [0.2, 0.25) is 0 Å². The highest BCUT2D eigenvalue weighted by molar-refractivity contribution is 5.97. The Morgan fingerprint density at radius 2 is 2.23 bits per heavy atom. The molecule has 1 aromatic carbocycles. The number of primary amides is 1. The number of nitrogens with two attached hydrogens (primary N) is 1. The molecule has 0 radical (unpaired) electrons. The van der Waals surface area contributed by atoms with Crippen LogP contribution in [0.15, 0.2) is 49.2 Å². The summed E-state index contributed by atoms with van der Waals surface area (Å²) in [4.78, 5) is 19.0. The summed E-state index contributed by atoms with van der Waals surface area (Å²) in [5.41, 5.74) is 6.10. The van der Waals surface area contributed by atoms with Crippen molar-refractivity contribution >= 4 is 17.4 Å². The Labute approximate surface area is 124 Å². The third-order valence-electron chi connectivity index (χ3n) is 2.94. The van der Waals surface area contributed by atoms with E-state index in [1.165, 1.54) is 23.3 Å². The number of aromatic nitrogens is 4. The topological polar surface area (TPSA) is 98.7 Å². The van der Waals surface area contributed by atoms with E-state index in [1.54, 1.807) is 30.6 Å². The molecular formula is C14H11FN6O. The predicted molar refractivity (Wildman–Crippen MR) is 77.4 cm³/mol. The van der Waals surface area contributed by atoms with Crippen LogP contribution >= 0.6 is 0 Å². The lowest BCUT2D eigenvalue weighted by Crippen LogP contribution is -2.14. The molecule has 0 fully saturated rings. The summed E-state index contributed by atoms with van der Waals surface area (Å²) in [6, 6.07) is 6.19. The van der Waals surface area contributed by atoms with Crippen LogP contribution in [0.1, 0.15) is 10.4 Å². The number of nitrogens with zero attached hydrogens (tertiary/aromatic N) is 4. The maximum atomic E-state index is 14.2. The van der Waals surface area contributed by atoms with Gasteiger partial charge in [0.25, 0.3) is 5.91 Å². The minimum Gasteiger partial charge on any atom is -0.365 e. The van der Waals surface area contributed by atoms with Crippen LogP contribution in [0.3, 0.4) is 0 Å². The monoisotopic (exact) mass is 298 g/mol. The minimum atomic E-state index is -0.670. The Kier molecular flexibility index (Phi) is 3.48. The minimum absolute atomic E-state index is 0.124. The van der Waals surface area contributed by atoms with Crippen molar-refractivity contribution in [2.24, 2.45) is 5.73 Å². The lowest BCUT2D eigenvalue weighted by atomic mass is 10.2. The lowest BCUT2D eigenvalue weighted by Gasteiger charge is -2.10. The second-order valence-electron chi connectivity index (χ2n) is 4.39. The van der Waals surface area contributed by atoms with E-state index >= 15 is 0 Å². The highest BCUT2D eigenvalue weighted by Gasteiger charge is 2.11. The number of amides is 1. The predicted octanol–water partition coefficient (Wildman–Crippen LogP) is 1.64. The molecule has 3 rings (SSSR count). The molecule has 0 aliphatic rings. The normalized spacial score (nSPS) is 10.4. The van der Waals surface area contributed by atoms with Gasteiger partial charge in [0.15, 0.2) is 5.82 Å². The number of halogens is 1. The van der Waals surface area contributed by atoms with Crippen LogP contribution in [0.25, 0.3) is 5.69 Å². The van der Waals surface area contributed by atoms with Crippen molar-refractivity contribution in [3.05, 3.63) is 60.6 Å². The van der Waals surface area contributed by atoms with E-state index < -0.39 is 11.7 Å². The third-order valence-corrected chi connectivity index (χ3v) is 2.94. The average molecular weight is 298 g/mol. The van der Waals surface area contributed by atoms with Gasteiger partial charge in [-0.25, -0.2) is 19.0 Å². The molecule has 7 nitrogen and oxygen atoms in total. The maximum absolute atomic E-state index is 14.2. The number of rotatable bonds is 4. The van der Waals surface area contributed by atoms with E-state index in [2.05, 4.69) is 20.4 Å². The molecule has 0 aliphatic carbocycles. The molecule has 2 heterocycles. The molecule has 22 heavy (non-hydrogen) atoms. The summed E-state index contributed by atoms with van der Waals surface area (Å²) >= 11 is 0. The van der Waals surface area contributed by atoms with Crippen LogP contribution in [-0.2, 0) is 0 Å². The Morgan fingerprint density at radius 1 is 1.36 bits per heavy atom. The molecule has 0 saturated carbocycles. The van der Waals surface area contributed by atoms with E-state index in [9.17, 15) is 9.18 Å². The van der Waals surface area contributed by atoms with Gasteiger partial charge in [-0.2, -0.15) is 5.10 Å². The molecule has 0 aliphatic heterocycles. The van der Waals surface area contributed by atoms with Gasteiger partial charge in [-0.1, -0.05) is 0 Å². The molecule has 3 aromatic rings. The highest BCUT2D eigenvalue weighted by Crippen LogP contribution is 2.21. The summed E-state index contributed by atoms with van der Waals surface area (Å²) in [7, 11) is 0. The Hall–Kier alpha value is -3.29. The van der Waals surface area contributed by atoms with E-state index in [4.69, 9.17) is 5.73 Å². The first-order valence-electron chi connectivity index (χ1n) is 6.31. The smallest absolute Gasteiger partial charge is 0.254 e. The van der Waals surface area contributed by atoms with Crippen molar-refractivity contribution < 1.29 is 9.18 Å². The number of benzene rings is 1. The second kappa shape index (κ2) is 5.60. The second-order valence-corrected chi connectivity index (χ2v) is 4.39. The number of anilines is 2. The van der Waals surface area contributed by atoms with Crippen molar-refractivity contribution in [2.45, 2.75) is 0 Å². The highest BCUT2D eigenvalue weighted by atomic mass is 19.1. The van der Waals surface area contributed by atoms with Gasteiger partial charge in [-0.15, -0.1) is 0 Å². The number of hydrogen-bond acceptors (Lipinski definition) is 5. The number of hydrogen-bond donors (Lipinski definition) is 2. The van der Waals surface area contributed by atoms with Gasteiger partial charge in [0.05, 0.1) is 0 Å². The molecule has 110 valence electrons. The van der Waals surface area contributed by atoms with Gasteiger partial charge >= 0.3 is 0 Å². The van der Waals surface area contributed by atoms with Gasteiger partial charge in [-0.3, -0.25) is 4.79 Å². The van der Waals surface area contributed by atoms with Crippen molar-refractivity contribution in [2.75, 3.05) is 5.32 Å². The van der Waals surface area contributed by atoms with Crippen LogP contribution in [0, 0.1) is 5.82 Å². The van der Waals surface area contributed by atoms with Gasteiger partial charge in [0.1, 0.15) is 23.4 Å². The van der Waals surface area contributed by atoms with E-state index in [1.807, 2.05) is 0 Å². The van der Waals surface area contributed by atoms with Crippen LogP contribution < -0.4 is 11.1 Å². The lowest BCUT2D eigenvalue weighted by molar-refractivity contribution is 0.100. The summed E-state index contributed by atoms with van der Waals surface area (Å²) in [5.74, 6) is -0.922. The fourth-order valence-corrected chi connectivity index (χ4v) is 1.93. The third kappa shape index (κ3) is 2.62. The Balaban J connectivity index is 1.91. The first-order valence-corrected chi connectivity index (χ1v) is 6.31. The summed E-state index contributed by atoms with van der Waals surface area (Å²) < 4.78 is 15.6. The van der Waals surface area contributed by atoms with Gasteiger partial charge in [0, 0.05) is 24.3 Å². The van der Waals surface area contributed by atoms with Crippen LogP contribution in [0.4, 0.5) is 15.9 Å². The van der Waals surface area contributed by atoms with Gasteiger partial charge < -0.3 is 11.1 Å². The van der Waals surface area contributed by atoms with Gasteiger partial charge in [-0.05, 0) is 24.3 Å². The van der Waals surface area contributed by atoms with E-state index in [-0.39, 0.29) is 11.4 Å². The van der Waals surface area contributed by atoms with Crippen molar-refractivity contribution in [3.63, 3.8) is 0 Å². The standard InChI is InChI=1S/C14H11FN6O/c15-11-6-9(2-3-12(11)21-5-1-4-19-21)20-14-10(13(16)22)7-17-8-18-14/h1-8H,(H2,16,22)(H,17,18,20).